The maximum absolute atomic E-state index is 13.1. The highest BCUT2D eigenvalue weighted by atomic mass is 16.5. The number of fused-ring (bicyclic) bond motifs is 1. The minimum Gasteiger partial charge on any atom is -0.390 e. The Bertz CT molecular complexity index is 1330. The third-order valence-corrected chi connectivity index (χ3v) is 5.08. The number of rotatable bonds is 5. The number of aryl methyl sites for hydroxylation is 3. The zero-order valence-corrected chi connectivity index (χ0v) is 18.2. The third-order valence-electron chi connectivity index (χ3n) is 5.08. The Morgan fingerprint density at radius 2 is 1.94 bits per heavy atom. The first-order valence-electron chi connectivity index (χ1n) is 10.00. The van der Waals surface area contributed by atoms with E-state index in [1.165, 1.54) is 0 Å². The predicted octanol–water partition coefficient (Wildman–Crippen LogP) is 3.66. The van der Waals surface area contributed by atoms with Gasteiger partial charge in [0.1, 0.15) is 0 Å². The molecule has 8 nitrogen and oxygen atoms in total. The van der Waals surface area contributed by atoms with Crippen molar-refractivity contribution in [1.29, 1.82) is 0 Å². The first-order chi connectivity index (χ1) is 14.6. The Kier molecular flexibility index (Phi) is 5.10. The largest absolute Gasteiger partial charge is 0.390 e. The lowest BCUT2D eigenvalue weighted by Crippen LogP contribution is -2.21. The summed E-state index contributed by atoms with van der Waals surface area (Å²) in [4.78, 5) is 21.7. The van der Waals surface area contributed by atoms with Crippen LogP contribution in [0.2, 0.25) is 0 Å². The fourth-order valence-electron chi connectivity index (χ4n) is 3.52. The lowest BCUT2D eigenvalue weighted by Gasteiger charge is -2.13. The molecule has 160 valence electrons. The second-order valence-electron chi connectivity index (χ2n) is 8.46. The Morgan fingerprint density at radius 3 is 2.68 bits per heavy atom. The average Bonchev–Trinajstić information content (AvgIpc) is 3.11. The molecule has 0 amide bonds. The lowest BCUT2D eigenvalue weighted by molar-refractivity contribution is 0.0718. The van der Waals surface area contributed by atoms with E-state index in [9.17, 15) is 9.90 Å². The van der Waals surface area contributed by atoms with Crippen molar-refractivity contribution in [3.63, 3.8) is 0 Å². The molecule has 0 radical (unpaired) electrons. The maximum atomic E-state index is 13.1. The number of benzene rings is 1. The van der Waals surface area contributed by atoms with Gasteiger partial charge in [0.05, 0.1) is 17.5 Å². The van der Waals surface area contributed by atoms with Gasteiger partial charge in [-0.1, -0.05) is 6.07 Å². The molecule has 1 aromatic carbocycles. The molecule has 0 atom stereocenters. The van der Waals surface area contributed by atoms with Crippen LogP contribution in [0.3, 0.4) is 0 Å². The predicted molar refractivity (Wildman–Crippen MR) is 119 cm³/mol. The number of anilines is 2. The van der Waals surface area contributed by atoms with Crippen LogP contribution in [0, 0.1) is 13.8 Å². The molecule has 4 aromatic rings. The number of aromatic nitrogens is 4. The first kappa shape index (κ1) is 20.7. The van der Waals surface area contributed by atoms with Gasteiger partial charge in [-0.05, 0) is 68.2 Å². The second kappa shape index (κ2) is 7.63. The maximum Gasteiger partial charge on any atom is 0.267 e. The van der Waals surface area contributed by atoms with Gasteiger partial charge in [-0.25, -0.2) is 0 Å². The van der Waals surface area contributed by atoms with Crippen LogP contribution in [0.1, 0.15) is 31.0 Å². The van der Waals surface area contributed by atoms with E-state index < -0.39 is 5.60 Å². The second-order valence-corrected chi connectivity index (χ2v) is 8.46. The molecule has 4 rings (SSSR count). The Morgan fingerprint density at radius 1 is 1.16 bits per heavy atom. The topological polar surface area (TPSA) is 106 Å². The molecule has 0 saturated heterocycles. The summed E-state index contributed by atoms with van der Waals surface area (Å²) in [6, 6.07) is 9.51. The van der Waals surface area contributed by atoms with E-state index in [-0.39, 0.29) is 12.0 Å². The van der Waals surface area contributed by atoms with Crippen molar-refractivity contribution in [2.75, 3.05) is 5.32 Å². The molecule has 3 heterocycles. The summed E-state index contributed by atoms with van der Waals surface area (Å²) in [5.41, 5.74) is 3.79. The number of nitrogens with zero attached hydrogens (tertiary/aromatic N) is 4. The van der Waals surface area contributed by atoms with Gasteiger partial charge in [0, 0.05) is 35.6 Å². The molecule has 2 N–H and O–H groups in total. The van der Waals surface area contributed by atoms with E-state index in [0.717, 1.165) is 33.4 Å². The molecule has 0 aliphatic carbocycles. The Balaban J connectivity index is 1.71. The average molecular weight is 419 g/mol. The molecular formula is C23H25N5O3. The van der Waals surface area contributed by atoms with E-state index in [1.807, 2.05) is 44.2 Å². The van der Waals surface area contributed by atoms with Gasteiger partial charge >= 0.3 is 0 Å². The Hall–Kier alpha value is -3.52. The van der Waals surface area contributed by atoms with E-state index in [2.05, 4.69) is 20.4 Å². The minimum atomic E-state index is -0.940. The highest BCUT2D eigenvalue weighted by Gasteiger charge is 2.19. The van der Waals surface area contributed by atoms with Crippen LogP contribution in [-0.4, -0.2) is 30.4 Å². The quantitative estimate of drug-likeness (QED) is 0.508. The molecule has 0 bridgehead atoms. The van der Waals surface area contributed by atoms with E-state index >= 15 is 0 Å². The van der Waals surface area contributed by atoms with Crippen LogP contribution in [0.25, 0.3) is 22.0 Å². The molecule has 31 heavy (non-hydrogen) atoms. The van der Waals surface area contributed by atoms with Crippen molar-refractivity contribution in [2.45, 2.75) is 39.7 Å². The van der Waals surface area contributed by atoms with Crippen LogP contribution >= 0.6 is 0 Å². The van der Waals surface area contributed by atoms with Gasteiger partial charge in [-0.15, -0.1) is 0 Å². The lowest BCUT2D eigenvalue weighted by atomic mass is 9.99. The summed E-state index contributed by atoms with van der Waals surface area (Å²) in [6.45, 7) is 7.23. The number of hydrogen-bond acceptors (Lipinski definition) is 7. The highest BCUT2D eigenvalue weighted by molar-refractivity contribution is 5.85. The normalized spacial score (nSPS) is 11.8. The molecule has 0 spiro atoms. The summed E-state index contributed by atoms with van der Waals surface area (Å²) in [6.07, 6.45) is 2.04. The van der Waals surface area contributed by atoms with Gasteiger partial charge in [0.25, 0.3) is 11.5 Å². The Labute approximate surface area is 179 Å². The highest BCUT2D eigenvalue weighted by Crippen LogP contribution is 2.28. The monoisotopic (exact) mass is 419 g/mol. The van der Waals surface area contributed by atoms with E-state index in [0.29, 0.717) is 17.4 Å². The number of aliphatic hydroxyl groups is 1. The van der Waals surface area contributed by atoms with Crippen LogP contribution in [0.4, 0.5) is 11.6 Å². The van der Waals surface area contributed by atoms with E-state index in [4.69, 9.17) is 4.52 Å². The SMILES string of the molecule is Cc1cc2c(cn1)cc(-c1cc(Nc3noc(CC(C)(C)O)n3)ccc1C)c(=O)n2C. The van der Waals surface area contributed by atoms with Gasteiger partial charge in [-0.3, -0.25) is 9.78 Å². The van der Waals surface area contributed by atoms with Crippen molar-refractivity contribution < 1.29 is 9.63 Å². The van der Waals surface area contributed by atoms with Crippen molar-refractivity contribution in [1.82, 2.24) is 19.7 Å². The van der Waals surface area contributed by atoms with Gasteiger partial charge in [0.15, 0.2) is 0 Å². The van der Waals surface area contributed by atoms with Crippen LogP contribution in [-0.2, 0) is 13.5 Å². The van der Waals surface area contributed by atoms with Crippen molar-refractivity contribution in [3.8, 4) is 11.1 Å². The third kappa shape index (κ3) is 4.34. The van der Waals surface area contributed by atoms with E-state index in [1.54, 1.807) is 31.7 Å². The summed E-state index contributed by atoms with van der Waals surface area (Å²) < 4.78 is 6.85. The fourth-order valence-corrected chi connectivity index (χ4v) is 3.52. The first-order valence-corrected chi connectivity index (χ1v) is 10.00. The van der Waals surface area contributed by atoms with Gasteiger partial charge in [-0.2, -0.15) is 4.98 Å². The fraction of sp³-hybridized carbons (Fsp3) is 0.304. The van der Waals surface area contributed by atoms with Crippen molar-refractivity contribution in [3.05, 3.63) is 64.0 Å². The summed E-state index contributed by atoms with van der Waals surface area (Å²) in [5, 5.41) is 17.8. The molecule has 0 fully saturated rings. The standard InChI is InChI=1S/C23H25N5O3/c1-13-6-7-16(25-22-26-20(31-27-22)11-23(3,4)30)10-17(13)18-9-15-12-24-14(2)8-19(15)28(5)21(18)29/h6-10,12,30H,11H2,1-5H3,(H,25,27). The number of pyridine rings is 2. The smallest absolute Gasteiger partial charge is 0.267 e. The van der Waals surface area contributed by atoms with Gasteiger partial charge < -0.3 is 19.5 Å². The summed E-state index contributed by atoms with van der Waals surface area (Å²) in [7, 11) is 1.77. The van der Waals surface area contributed by atoms with Crippen molar-refractivity contribution >= 4 is 22.5 Å². The molecule has 8 heteroatoms. The van der Waals surface area contributed by atoms with Crippen LogP contribution in [0.15, 0.2) is 45.8 Å². The van der Waals surface area contributed by atoms with Crippen LogP contribution < -0.4 is 10.9 Å². The molecule has 0 aliphatic heterocycles. The zero-order valence-electron chi connectivity index (χ0n) is 18.2. The molecule has 0 unspecified atom stereocenters. The molecule has 0 aliphatic rings. The molecule has 3 aromatic heterocycles. The summed E-state index contributed by atoms with van der Waals surface area (Å²) >= 11 is 0. The zero-order chi connectivity index (χ0) is 22.3. The summed E-state index contributed by atoms with van der Waals surface area (Å²) in [5.74, 6) is 0.633. The molecule has 0 saturated carbocycles. The molecular weight excluding hydrogens is 394 g/mol. The van der Waals surface area contributed by atoms with Crippen molar-refractivity contribution in [2.24, 2.45) is 7.05 Å². The van der Waals surface area contributed by atoms with Gasteiger partial charge in [0.2, 0.25) is 5.89 Å². The minimum absolute atomic E-state index is 0.0784. The number of hydrogen-bond donors (Lipinski definition) is 2. The number of nitrogens with one attached hydrogen (secondary N) is 1. The van der Waals surface area contributed by atoms with Crippen LogP contribution in [0.5, 0.6) is 0 Å².